The van der Waals surface area contributed by atoms with Crippen LogP contribution in [-0.2, 0) is 18.3 Å². The van der Waals surface area contributed by atoms with E-state index in [1.807, 2.05) is 24.1 Å². The van der Waals surface area contributed by atoms with Crippen LogP contribution in [0.5, 0.6) is 0 Å². The molecule has 1 aliphatic rings. The van der Waals surface area contributed by atoms with Gasteiger partial charge in [0.15, 0.2) is 0 Å². The highest BCUT2D eigenvalue weighted by atomic mass is 79.9. The summed E-state index contributed by atoms with van der Waals surface area (Å²) in [5.41, 5.74) is 2.50. The number of ether oxygens (including phenoxy) is 1. The van der Waals surface area contributed by atoms with E-state index in [1.54, 1.807) is 11.3 Å². The summed E-state index contributed by atoms with van der Waals surface area (Å²) < 4.78 is 9.12. The lowest BCUT2D eigenvalue weighted by Crippen LogP contribution is -2.36. The van der Waals surface area contributed by atoms with Crippen LogP contribution in [0.4, 0.5) is 0 Å². The summed E-state index contributed by atoms with van der Waals surface area (Å²) in [4.78, 5) is 4.18. The molecule has 1 N–H and O–H groups in total. The lowest BCUT2D eigenvalue weighted by atomic mass is 10.0. The predicted molar refractivity (Wildman–Crippen MR) is 83.8 cm³/mol. The number of thiophene rings is 1. The maximum Gasteiger partial charge on any atom is 0.100 e. The number of hydrogen-bond acceptors (Lipinski definition) is 4. The molecule has 1 aliphatic heterocycles. The topological polar surface area (TPSA) is 39.1 Å². The van der Waals surface area contributed by atoms with Crippen LogP contribution in [0.15, 0.2) is 27.8 Å². The van der Waals surface area contributed by atoms with Crippen molar-refractivity contribution in [3.05, 3.63) is 39.0 Å². The third-order valence-electron chi connectivity index (χ3n) is 3.68. The van der Waals surface area contributed by atoms with Gasteiger partial charge in [-0.3, -0.25) is 0 Å². The zero-order valence-corrected chi connectivity index (χ0v) is 13.8. The van der Waals surface area contributed by atoms with Crippen molar-refractivity contribution in [1.82, 2.24) is 14.9 Å². The molecule has 0 radical (unpaired) electrons. The van der Waals surface area contributed by atoms with Gasteiger partial charge >= 0.3 is 0 Å². The Hall–Kier alpha value is -0.690. The molecule has 0 bridgehead atoms. The zero-order chi connectivity index (χ0) is 13.9. The van der Waals surface area contributed by atoms with Gasteiger partial charge in [-0.1, -0.05) is 0 Å². The van der Waals surface area contributed by atoms with Crippen LogP contribution in [0, 0.1) is 0 Å². The van der Waals surface area contributed by atoms with E-state index < -0.39 is 0 Å². The molecule has 2 atom stereocenters. The molecule has 108 valence electrons. The number of aromatic nitrogens is 2. The Bertz CT molecular complexity index is 568. The van der Waals surface area contributed by atoms with E-state index in [9.17, 15) is 0 Å². The molecule has 3 rings (SSSR count). The summed E-state index contributed by atoms with van der Waals surface area (Å²) in [6.07, 6.45) is 5.97. The lowest BCUT2D eigenvalue weighted by Gasteiger charge is -2.30. The van der Waals surface area contributed by atoms with Crippen LogP contribution < -0.4 is 5.32 Å². The van der Waals surface area contributed by atoms with E-state index in [0.29, 0.717) is 6.04 Å². The minimum Gasteiger partial charge on any atom is -0.372 e. The number of aryl methyl sites for hydroxylation is 1. The van der Waals surface area contributed by atoms with E-state index in [1.165, 1.54) is 9.35 Å². The summed E-state index contributed by atoms with van der Waals surface area (Å²) in [7, 11) is 2.02. The van der Waals surface area contributed by atoms with Gasteiger partial charge in [-0.2, -0.15) is 0 Å². The van der Waals surface area contributed by atoms with Crippen molar-refractivity contribution in [1.29, 1.82) is 0 Å². The Labute approximate surface area is 131 Å². The largest absolute Gasteiger partial charge is 0.372 e. The molecule has 0 aromatic carbocycles. The molecule has 1 fully saturated rings. The van der Waals surface area contributed by atoms with Crippen LogP contribution >= 0.6 is 27.3 Å². The smallest absolute Gasteiger partial charge is 0.100 e. The van der Waals surface area contributed by atoms with Crippen molar-refractivity contribution in [3.8, 4) is 0 Å². The molecule has 2 aromatic heterocycles. The van der Waals surface area contributed by atoms with Crippen LogP contribution in [0.3, 0.4) is 0 Å². The van der Waals surface area contributed by atoms with Crippen molar-refractivity contribution in [2.24, 2.45) is 7.05 Å². The summed E-state index contributed by atoms with van der Waals surface area (Å²) in [5, 5.41) is 5.83. The molecule has 0 spiro atoms. The van der Waals surface area contributed by atoms with Gasteiger partial charge in [-0.25, -0.2) is 4.98 Å². The number of hydrogen-bond donors (Lipinski definition) is 1. The first-order chi connectivity index (χ1) is 9.72. The zero-order valence-electron chi connectivity index (χ0n) is 11.4. The highest BCUT2D eigenvalue weighted by molar-refractivity contribution is 9.11. The fraction of sp³-hybridized carbons (Fsp3) is 0.500. The van der Waals surface area contributed by atoms with Crippen molar-refractivity contribution in [2.75, 3.05) is 6.61 Å². The SMILES string of the molecule is Cn1cncc1[C@@H]1C[C@H](NCc2csc(Br)c2)CCO1. The van der Waals surface area contributed by atoms with Crippen molar-refractivity contribution >= 4 is 27.3 Å². The normalized spacial score (nSPS) is 23.1. The van der Waals surface area contributed by atoms with Crippen molar-refractivity contribution in [3.63, 3.8) is 0 Å². The molecule has 0 amide bonds. The van der Waals surface area contributed by atoms with Gasteiger partial charge in [-0.15, -0.1) is 11.3 Å². The molecule has 3 heterocycles. The van der Waals surface area contributed by atoms with Gasteiger partial charge in [-0.05, 0) is 45.8 Å². The molecule has 0 unspecified atom stereocenters. The molecule has 4 nitrogen and oxygen atoms in total. The fourth-order valence-corrected chi connectivity index (χ4v) is 3.78. The summed E-state index contributed by atoms with van der Waals surface area (Å²) in [5.74, 6) is 0. The van der Waals surface area contributed by atoms with Gasteiger partial charge in [0.2, 0.25) is 0 Å². The summed E-state index contributed by atoms with van der Waals surface area (Å²) in [6.45, 7) is 1.73. The number of halogens is 1. The van der Waals surface area contributed by atoms with E-state index >= 15 is 0 Å². The second kappa shape index (κ2) is 6.39. The third kappa shape index (κ3) is 3.31. The minimum absolute atomic E-state index is 0.156. The van der Waals surface area contributed by atoms with Crippen LogP contribution in [0.2, 0.25) is 0 Å². The number of nitrogens with zero attached hydrogens (tertiary/aromatic N) is 2. The minimum atomic E-state index is 0.156. The average molecular weight is 356 g/mol. The van der Waals surface area contributed by atoms with Gasteiger partial charge in [0.25, 0.3) is 0 Å². The Balaban J connectivity index is 1.57. The Kier molecular flexibility index (Phi) is 4.55. The van der Waals surface area contributed by atoms with E-state index in [4.69, 9.17) is 4.74 Å². The Morgan fingerprint density at radius 1 is 1.60 bits per heavy atom. The van der Waals surface area contributed by atoms with Crippen LogP contribution in [0.1, 0.15) is 30.2 Å². The molecule has 6 heteroatoms. The van der Waals surface area contributed by atoms with Crippen LogP contribution in [-0.4, -0.2) is 22.2 Å². The molecule has 20 heavy (non-hydrogen) atoms. The number of nitrogens with one attached hydrogen (secondary N) is 1. The van der Waals surface area contributed by atoms with Crippen LogP contribution in [0.25, 0.3) is 0 Å². The van der Waals surface area contributed by atoms with Crippen molar-refractivity contribution < 1.29 is 4.74 Å². The first-order valence-corrected chi connectivity index (χ1v) is 8.44. The summed E-state index contributed by atoms with van der Waals surface area (Å²) >= 11 is 5.23. The molecular formula is C14H18BrN3OS. The molecule has 2 aromatic rings. The predicted octanol–water partition coefficient (Wildman–Crippen LogP) is 3.25. The fourth-order valence-electron chi connectivity index (χ4n) is 2.57. The summed E-state index contributed by atoms with van der Waals surface area (Å²) in [6, 6.07) is 2.68. The molecule has 1 saturated heterocycles. The Morgan fingerprint density at radius 3 is 3.20 bits per heavy atom. The van der Waals surface area contributed by atoms with Gasteiger partial charge in [0.05, 0.1) is 22.0 Å². The van der Waals surface area contributed by atoms with E-state index in [-0.39, 0.29) is 6.10 Å². The first-order valence-electron chi connectivity index (χ1n) is 6.76. The van der Waals surface area contributed by atoms with E-state index in [0.717, 1.165) is 31.7 Å². The maximum atomic E-state index is 5.88. The van der Waals surface area contributed by atoms with E-state index in [2.05, 4.69) is 37.7 Å². The monoisotopic (exact) mass is 355 g/mol. The van der Waals surface area contributed by atoms with Crippen molar-refractivity contribution in [2.45, 2.75) is 31.5 Å². The highest BCUT2D eigenvalue weighted by Gasteiger charge is 2.25. The first kappa shape index (κ1) is 14.3. The quantitative estimate of drug-likeness (QED) is 0.914. The second-order valence-corrected chi connectivity index (χ2v) is 7.44. The highest BCUT2D eigenvalue weighted by Crippen LogP contribution is 2.28. The van der Waals surface area contributed by atoms with Gasteiger partial charge in [0.1, 0.15) is 6.10 Å². The Morgan fingerprint density at radius 2 is 2.50 bits per heavy atom. The maximum absolute atomic E-state index is 5.88. The van der Waals surface area contributed by atoms with Gasteiger partial charge in [0, 0.05) is 26.2 Å². The van der Waals surface area contributed by atoms with Gasteiger partial charge < -0.3 is 14.6 Å². The average Bonchev–Trinajstić information content (AvgIpc) is 3.05. The molecule has 0 saturated carbocycles. The molecule has 0 aliphatic carbocycles. The molecular weight excluding hydrogens is 338 g/mol. The number of rotatable bonds is 4. The standard InChI is InChI=1S/C14H18BrN3OS/c1-18-9-16-7-12(18)13-5-11(2-3-19-13)17-6-10-4-14(15)20-8-10/h4,7-9,11,13,17H,2-3,5-6H2,1H3/t11-,13+/m1/s1. The lowest BCUT2D eigenvalue weighted by molar-refractivity contribution is -0.00403. The number of imidazole rings is 1. The second-order valence-electron chi connectivity index (χ2n) is 5.15. The third-order valence-corrected chi connectivity index (χ3v) is 5.24.